The lowest BCUT2D eigenvalue weighted by Crippen LogP contribution is -2.41. The molecule has 0 atom stereocenters. The first-order valence-electron chi connectivity index (χ1n) is 5.70. The van der Waals surface area contributed by atoms with Crippen molar-refractivity contribution in [2.24, 2.45) is 0 Å². The van der Waals surface area contributed by atoms with Gasteiger partial charge in [0.05, 0.1) is 0 Å². The van der Waals surface area contributed by atoms with Gasteiger partial charge in [0.1, 0.15) is 5.60 Å². The van der Waals surface area contributed by atoms with Crippen molar-refractivity contribution in [1.29, 1.82) is 0 Å². The summed E-state index contributed by atoms with van der Waals surface area (Å²) < 4.78 is 0. The van der Waals surface area contributed by atoms with Gasteiger partial charge in [0.15, 0.2) is 5.78 Å². The summed E-state index contributed by atoms with van der Waals surface area (Å²) >= 11 is 0. The van der Waals surface area contributed by atoms with E-state index in [0.717, 1.165) is 19.3 Å². The number of hydrogen-bond acceptors (Lipinski definition) is 2. The lowest BCUT2D eigenvalue weighted by atomic mass is 9.79. The molecule has 1 saturated carbocycles. The van der Waals surface area contributed by atoms with Crippen LogP contribution in [0.15, 0.2) is 23.8 Å². The van der Waals surface area contributed by atoms with Gasteiger partial charge < -0.3 is 5.11 Å². The SMILES string of the molecule is C/C=C\C(=C/C)C(=O)C1(O)CCCCC1. The molecule has 84 valence electrons. The van der Waals surface area contributed by atoms with Gasteiger partial charge in [-0.05, 0) is 26.7 Å². The third kappa shape index (κ3) is 2.78. The lowest BCUT2D eigenvalue weighted by molar-refractivity contribution is -0.136. The monoisotopic (exact) mass is 208 g/mol. The molecule has 0 saturated heterocycles. The highest BCUT2D eigenvalue weighted by Gasteiger charge is 2.37. The zero-order valence-corrected chi connectivity index (χ0v) is 9.62. The number of hydrogen-bond donors (Lipinski definition) is 1. The summed E-state index contributed by atoms with van der Waals surface area (Å²) in [5, 5.41) is 10.2. The van der Waals surface area contributed by atoms with Crippen LogP contribution in [0.2, 0.25) is 0 Å². The summed E-state index contributed by atoms with van der Waals surface area (Å²) in [5.74, 6) is -0.109. The van der Waals surface area contributed by atoms with E-state index in [-0.39, 0.29) is 5.78 Å². The minimum Gasteiger partial charge on any atom is -0.382 e. The molecule has 0 radical (unpaired) electrons. The number of rotatable bonds is 3. The van der Waals surface area contributed by atoms with Crippen molar-refractivity contribution in [3.8, 4) is 0 Å². The van der Waals surface area contributed by atoms with E-state index in [4.69, 9.17) is 0 Å². The smallest absolute Gasteiger partial charge is 0.193 e. The molecule has 0 aromatic heterocycles. The Morgan fingerprint density at radius 3 is 2.27 bits per heavy atom. The van der Waals surface area contributed by atoms with Crippen LogP contribution < -0.4 is 0 Å². The van der Waals surface area contributed by atoms with Gasteiger partial charge in [0.25, 0.3) is 0 Å². The van der Waals surface area contributed by atoms with Crippen LogP contribution in [-0.4, -0.2) is 16.5 Å². The van der Waals surface area contributed by atoms with Gasteiger partial charge in [-0.3, -0.25) is 4.79 Å². The fourth-order valence-corrected chi connectivity index (χ4v) is 2.11. The normalized spacial score (nSPS) is 21.9. The van der Waals surface area contributed by atoms with Crippen molar-refractivity contribution < 1.29 is 9.90 Å². The molecule has 0 aliphatic heterocycles. The number of carbonyl (C=O) groups excluding carboxylic acids is 1. The highest BCUT2D eigenvalue weighted by atomic mass is 16.3. The fraction of sp³-hybridized carbons (Fsp3) is 0.615. The molecule has 1 rings (SSSR count). The van der Waals surface area contributed by atoms with E-state index in [0.29, 0.717) is 18.4 Å². The fourth-order valence-electron chi connectivity index (χ4n) is 2.11. The maximum Gasteiger partial charge on any atom is 0.193 e. The zero-order chi connectivity index (χ0) is 11.3. The van der Waals surface area contributed by atoms with E-state index >= 15 is 0 Å². The quantitative estimate of drug-likeness (QED) is 0.572. The summed E-state index contributed by atoms with van der Waals surface area (Å²) in [6.07, 6.45) is 9.64. The summed E-state index contributed by atoms with van der Waals surface area (Å²) in [6.45, 7) is 3.71. The van der Waals surface area contributed by atoms with Crippen molar-refractivity contribution in [3.05, 3.63) is 23.8 Å². The van der Waals surface area contributed by atoms with E-state index in [1.165, 1.54) is 0 Å². The zero-order valence-electron chi connectivity index (χ0n) is 9.62. The molecule has 2 heteroatoms. The number of carbonyl (C=O) groups is 1. The second-order valence-corrected chi connectivity index (χ2v) is 4.17. The number of ketones is 1. The van der Waals surface area contributed by atoms with Crippen molar-refractivity contribution in [1.82, 2.24) is 0 Å². The maximum atomic E-state index is 12.1. The predicted octanol–water partition coefficient (Wildman–Crippen LogP) is 2.77. The largest absolute Gasteiger partial charge is 0.382 e. The molecule has 1 aliphatic carbocycles. The van der Waals surface area contributed by atoms with Crippen molar-refractivity contribution in [2.75, 3.05) is 0 Å². The van der Waals surface area contributed by atoms with Crippen LogP contribution in [0.1, 0.15) is 46.0 Å². The minimum atomic E-state index is -1.10. The lowest BCUT2D eigenvalue weighted by Gasteiger charge is -2.30. The summed E-state index contributed by atoms with van der Waals surface area (Å²) in [5.41, 5.74) is -0.471. The Morgan fingerprint density at radius 1 is 1.20 bits per heavy atom. The van der Waals surface area contributed by atoms with E-state index in [9.17, 15) is 9.90 Å². The molecule has 0 aromatic rings. The Bertz CT molecular complexity index is 281. The minimum absolute atomic E-state index is 0.109. The van der Waals surface area contributed by atoms with E-state index in [1.54, 1.807) is 12.2 Å². The molecule has 2 nitrogen and oxygen atoms in total. The van der Waals surface area contributed by atoms with E-state index < -0.39 is 5.60 Å². The van der Waals surface area contributed by atoms with Gasteiger partial charge in [0, 0.05) is 5.57 Å². The molecule has 1 aliphatic rings. The first-order valence-corrected chi connectivity index (χ1v) is 5.70. The van der Waals surface area contributed by atoms with E-state index in [1.807, 2.05) is 19.9 Å². The topological polar surface area (TPSA) is 37.3 Å². The highest BCUT2D eigenvalue weighted by molar-refractivity contribution is 6.03. The molecule has 0 unspecified atom stereocenters. The average molecular weight is 208 g/mol. The van der Waals surface area contributed by atoms with E-state index in [2.05, 4.69) is 0 Å². The Kier molecular flexibility index (Phi) is 4.28. The number of aliphatic hydroxyl groups is 1. The van der Waals surface area contributed by atoms with Crippen LogP contribution in [-0.2, 0) is 4.79 Å². The van der Waals surface area contributed by atoms with Crippen LogP contribution in [0.3, 0.4) is 0 Å². The Labute approximate surface area is 91.7 Å². The third-order valence-electron chi connectivity index (χ3n) is 3.02. The predicted molar refractivity (Wildman–Crippen MR) is 61.6 cm³/mol. The van der Waals surface area contributed by atoms with Crippen molar-refractivity contribution in [3.63, 3.8) is 0 Å². The van der Waals surface area contributed by atoms with Crippen LogP contribution in [0, 0.1) is 0 Å². The van der Waals surface area contributed by atoms with Gasteiger partial charge in [-0.2, -0.15) is 0 Å². The molecule has 15 heavy (non-hydrogen) atoms. The van der Waals surface area contributed by atoms with Gasteiger partial charge in [-0.1, -0.05) is 37.5 Å². The van der Waals surface area contributed by atoms with Crippen molar-refractivity contribution >= 4 is 5.78 Å². The van der Waals surface area contributed by atoms with Gasteiger partial charge in [-0.15, -0.1) is 0 Å². The number of allylic oxidation sites excluding steroid dienone is 3. The average Bonchev–Trinajstić information content (AvgIpc) is 2.26. The first-order chi connectivity index (χ1) is 7.14. The molecular formula is C13H20O2. The molecule has 0 amide bonds. The summed E-state index contributed by atoms with van der Waals surface area (Å²) in [7, 11) is 0. The molecule has 1 N–H and O–H groups in total. The summed E-state index contributed by atoms with van der Waals surface area (Å²) in [4.78, 5) is 12.1. The van der Waals surface area contributed by atoms with Crippen LogP contribution >= 0.6 is 0 Å². The highest BCUT2D eigenvalue weighted by Crippen LogP contribution is 2.31. The second kappa shape index (κ2) is 5.26. The van der Waals surface area contributed by atoms with Gasteiger partial charge in [-0.25, -0.2) is 0 Å². The summed E-state index contributed by atoms with van der Waals surface area (Å²) in [6, 6.07) is 0. The van der Waals surface area contributed by atoms with Crippen LogP contribution in [0.25, 0.3) is 0 Å². The van der Waals surface area contributed by atoms with Crippen LogP contribution in [0.4, 0.5) is 0 Å². The molecular weight excluding hydrogens is 188 g/mol. The molecule has 0 spiro atoms. The Balaban J connectivity index is 2.81. The number of Topliss-reactive ketones (excluding diaryl/α,β-unsaturated/α-hetero) is 1. The second-order valence-electron chi connectivity index (χ2n) is 4.17. The molecule has 0 heterocycles. The molecule has 1 fully saturated rings. The Morgan fingerprint density at radius 2 is 1.80 bits per heavy atom. The standard InChI is InChI=1S/C13H20O2/c1-3-8-11(4-2)12(14)13(15)9-6-5-7-10-13/h3-4,8,15H,5-7,9-10H2,1-2H3/b8-3-,11-4+. The van der Waals surface area contributed by atoms with Gasteiger partial charge >= 0.3 is 0 Å². The van der Waals surface area contributed by atoms with Gasteiger partial charge in [0.2, 0.25) is 0 Å². The molecule has 0 aromatic carbocycles. The Hall–Kier alpha value is -0.890. The maximum absolute atomic E-state index is 12.1. The molecule has 0 bridgehead atoms. The van der Waals surface area contributed by atoms with Crippen LogP contribution in [0.5, 0.6) is 0 Å². The first kappa shape index (κ1) is 12.2. The third-order valence-corrected chi connectivity index (χ3v) is 3.02. The van der Waals surface area contributed by atoms with Crippen molar-refractivity contribution in [2.45, 2.75) is 51.6 Å².